The average Bonchev–Trinajstić information content (AvgIpc) is 2.39. The fraction of sp³-hybridized carbons (Fsp3) is 0.312. The van der Waals surface area contributed by atoms with Crippen LogP contribution in [0.1, 0.15) is 32.6 Å². The van der Waals surface area contributed by atoms with Crippen LogP contribution in [0.15, 0.2) is 40.9 Å². The number of fused-ring (bicyclic) bond motifs is 1. The molecule has 0 unspecified atom stereocenters. The third-order valence-corrected chi connectivity index (χ3v) is 3.48. The van der Waals surface area contributed by atoms with Crippen molar-refractivity contribution in [2.45, 2.75) is 32.6 Å². The number of carbonyl (C=O) groups is 1. The summed E-state index contributed by atoms with van der Waals surface area (Å²) in [4.78, 5) is 11.6. The largest absolute Gasteiger partial charge is 0.427 e. The minimum Gasteiger partial charge on any atom is -0.427 e. The predicted octanol–water partition coefficient (Wildman–Crippen LogP) is 5.09. The van der Waals surface area contributed by atoms with E-state index in [9.17, 15) is 4.79 Å². The molecule has 0 bridgehead atoms. The van der Waals surface area contributed by atoms with Gasteiger partial charge < -0.3 is 4.74 Å². The van der Waals surface area contributed by atoms with E-state index < -0.39 is 0 Å². The molecular formula is C16H17BrO2. The average molecular weight is 321 g/mol. The molecule has 0 spiro atoms. The second kappa shape index (κ2) is 6.71. The normalized spacial score (nSPS) is 10.6. The van der Waals surface area contributed by atoms with E-state index in [2.05, 4.69) is 22.9 Å². The van der Waals surface area contributed by atoms with Gasteiger partial charge in [-0.15, -0.1) is 0 Å². The molecule has 0 aromatic heterocycles. The molecule has 2 aromatic carbocycles. The molecule has 0 N–H and O–H groups in total. The molecule has 3 heteroatoms. The lowest BCUT2D eigenvalue weighted by atomic mass is 10.1. The number of rotatable bonds is 5. The zero-order valence-electron chi connectivity index (χ0n) is 11.0. The molecule has 0 atom stereocenters. The Labute approximate surface area is 121 Å². The van der Waals surface area contributed by atoms with Gasteiger partial charge >= 0.3 is 5.97 Å². The van der Waals surface area contributed by atoms with Crippen LogP contribution in [0.3, 0.4) is 0 Å². The molecule has 0 saturated carbocycles. The summed E-state index contributed by atoms with van der Waals surface area (Å²) in [5.41, 5.74) is 0. The molecule has 100 valence electrons. The van der Waals surface area contributed by atoms with Crippen molar-refractivity contribution in [1.82, 2.24) is 0 Å². The minimum atomic E-state index is -0.148. The lowest BCUT2D eigenvalue weighted by molar-refractivity contribution is -0.134. The number of unbranched alkanes of at least 4 members (excludes halogenated alkanes) is 2. The van der Waals surface area contributed by atoms with Crippen molar-refractivity contribution in [3.63, 3.8) is 0 Å². The molecule has 0 saturated heterocycles. The molecule has 0 amide bonds. The Morgan fingerprint density at radius 3 is 2.63 bits per heavy atom. The van der Waals surface area contributed by atoms with E-state index in [1.165, 1.54) is 0 Å². The van der Waals surface area contributed by atoms with Crippen molar-refractivity contribution in [2.75, 3.05) is 0 Å². The van der Waals surface area contributed by atoms with Crippen LogP contribution in [0.4, 0.5) is 0 Å². The molecule has 2 nitrogen and oxygen atoms in total. The van der Waals surface area contributed by atoms with Crippen LogP contribution in [0, 0.1) is 0 Å². The predicted molar refractivity (Wildman–Crippen MR) is 81.4 cm³/mol. The van der Waals surface area contributed by atoms with Gasteiger partial charge in [-0.25, -0.2) is 0 Å². The van der Waals surface area contributed by atoms with Crippen LogP contribution in [-0.2, 0) is 4.79 Å². The highest BCUT2D eigenvalue weighted by Crippen LogP contribution is 2.24. The lowest BCUT2D eigenvalue weighted by Gasteiger charge is -2.06. The molecule has 0 aliphatic rings. The van der Waals surface area contributed by atoms with Gasteiger partial charge in [0, 0.05) is 10.9 Å². The Hall–Kier alpha value is -1.35. The summed E-state index contributed by atoms with van der Waals surface area (Å²) in [5.74, 6) is 0.473. The van der Waals surface area contributed by atoms with Crippen molar-refractivity contribution in [1.29, 1.82) is 0 Å². The van der Waals surface area contributed by atoms with Crippen molar-refractivity contribution in [3.8, 4) is 5.75 Å². The van der Waals surface area contributed by atoms with Crippen molar-refractivity contribution in [3.05, 3.63) is 40.9 Å². The van der Waals surface area contributed by atoms with E-state index in [1.807, 2.05) is 36.4 Å². The van der Waals surface area contributed by atoms with Crippen molar-refractivity contribution >= 4 is 32.7 Å². The third kappa shape index (κ3) is 4.06. The van der Waals surface area contributed by atoms with Crippen LogP contribution in [0.2, 0.25) is 0 Å². The number of hydrogen-bond acceptors (Lipinski definition) is 2. The van der Waals surface area contributed by atoms with E-state index in [-0.39, 0.29) is 5.97 Å². The highest BCUT2D eigenvalue weighted by molar-refractivity contribution is 9.10. The van der Waals surface area contributed by atoms with Crippen molar-refractivity contribution in [2.24, 2.45) is 0 Å². The quantitative estimate of drug-likeness (QED) is 0.436. The minimum absolute atomic E-state index is 0.148. The summed E-state index contributed by atoms with van der Waals surface area (Å²) >= 11 is 3.44. The standard InChI is InChI=1S/C16H17BrO2/c1-2-3-4-5-16(18)19-15-9-7-12-10-14(17)8-6-13(12)11-15/h6-11H,2-5H2,1H3. The Morgan fingerprint density at radius 1 is 1.11 bits per heavy atom. The summed E-state index contributed by atoms with van der Waals surface area (Å²) in [5, 5.41) is 2.20. The zero-order chi connectivity index (χ0) is 13.7. The maximum atomic E-state index is 11.6. The highest BCUT2D eigenvalue weighted by atomic mass is 79.9. The Morgan fingerprint density at radius 2 is 1.84 bits per heavy atom. The number of benzene rings is 2. The molecule has 0 fully saturated rings. The van der Waals surface area contributed by atoms with Crippen LogP contribution in [0.5, 0.6) is 5.75 Å². The smallest absolute Gasteiger partial charge is 0.311 e. The summed E-state index contributed by atoms with van der Waals surface area (Å²) in [6, 6.07) is 11.7. The van der Waals surface area contributed by atoms with E-state index in [4.69, 9.17) is 4.74 Å². The number of ether oxygens (including phenoxy) is 1. The van der Waals surface area contributed by atoms with Crippen LogP contribution in [-0.4, -0.2) is 5.97 Å². The van der Waals surface area contributed by atoms with E-state index in [1.54, 1.807) is 0 Å². The monoisotopic (exact) mass is 320 g/mol. The summed E-state index contributed by atoms with van der Waals surface area (Å²) < 4.78 is 6.39. The summed E-state index contributed by atoms with van der Waals surface area (Å²) in [6.07, 6.45) is 3.57. The van der Waals surface area contributed by atoms with Gasteiger partial charge in [0.15, 0.2) is 0 Å². The van der Waals surface area contributed by atoms with E-state index >= 15 is 0 Å². The topological polar surface area (TPSA) is 26.3 Å². The molecule has 0 aliphatic carbocycles. The van der Waals surface area contributed by atoms with Gasteiger partial charge in [-0.2, -0.15) is 0 Å². The second-order valence-corrected chi connectivity index (χ2v) is 5.50. The van der Waals surface area contributed by atoms with Crippen LogP contribution >= 0.6 is 15.9 Å². The van der Waals surface area contributed by atoms with E-state index in [0.29, 0.717) is 12.2 Å². The van der Waals surface area contributed by atoms with Crippen LogP contribution < -0.4 is 4.74 Å². The highest BCUT2D eigenvalue weighted by Gasteiger charge is 2.05. The number of esters is 1. The van der Waals surface area contributed by atoms with Gasteiger partial charge in [0.2, 0.25) is 0 Å². The number of carbonyl (C=O) groups excluding carboxylic acids is 1. The van der Waals surface area contributed by atoms with Gasteiger partial charge in [0.1, 0.15) is 5.75 Å². The molecule has 2 aromatic rings. The Balaban J connectivity index is 2.05. The Bertz CT molecular complexity index is 578. The molecule has 0 heterocycles. The Kier molecular flexibility index (Phi) is 4.97. The number of hydrogen-bond donors (Lipinski definition) is 0. The first kappa shape index (κ1) is 14.1. The van der Waals surface area contributed by atoms with E-state index in [0.717, 1.165) is 34.5 Å². The first-order chi connectivity index (χ1) is 9.19. The third-order valence-electron chi connectivity index (χ3n) is 2.99. The number of halogens is 1. The zero-order valence-corrected chi connectivity index (χ0v) is 12.6. The maximum absolute atomic E-state index is 11.6. The fourth-order valence-corrected chi connectivity index (χ4v) is 2.34. The molecule has 2 rings (SSSR count). The first-order valence-corrected chi connectivity index (χ1v) is 7.38. The summed E-state index contributed by atoms with van der Waals surface area (Å²) in [7, 11) is 0. The lowest BCUT2D eigenvalue weighted by Crippen LogP contribution is -2.07. The van der Waals surface area contributed by atoms with Crippen LogP contribution in [0.25, 0.3) is 10.8 Å². The van der Waals surface area contributed by atoms with Gasteiger partial charge in [-0.05, 0) is 41.5 Å². The molecular weight excluding hydrogens is 304 g/mol. The second-order valence-electron chi connectivity index (χ2n) is 4.58. The SMILES string of the molecule is CCCCCC(=O)Oc1ccc2cc(Br)ccc2c1. The first-order valence-electron chi connectivity index (χ1n) is 6.59. The summed E-state index contributed by atoms with van der Waals surface area (Å²) in [6.45, 7) is 2.12. The van der Waals surface area contributed by atoms with Gasteiger partial charge in [0.25, 0.3) is 0 Å². The van der Waals surface area contributed by atoms with Gasteiger partial charge in [-0.3, -0.25) is 4.79 Å². The van der Waals surface area contributed by atoms with Gasteiger partial charge in [-0.1, -0.05) is 47.8 Å². The maximum Gasteiger partial charge on any atom is 0.311 e. The van der Waals surface area contributed by atoms with Gasteiger partial charge in [0.05, 0.1) is 0 Å². The fourth-order valence-electron chi connectivity index (χ4n) is 1.96. The van der Waals surface area contributed by atoms with Crippen molar-refractivity contribution < 1.29 is 9.53 Å². The molecule has 0 radical (unpaired) electrons. The molecule has 19 heavy (non-hydrogen) atoms. The molecule has 0 aliphatic heterocycles.